The summed E-state index contributed by atoms with van der Waals surface area (Å²) in [6.07, 6.45) is 6.09. The Bertz CT molecular complexity index is 1780. The van der Waals surface area contributed by atoms with Crippen LogP contribution >= 0.6 is 0 Å². The standard InChI is InChI=1S/C35H44N6O5/c1-5-41(6-2)26-15-14-22-18-28(35(44)46-30(22)21-26)33(42)36-16-9-17-45-29-13-8-12-27-31(38-40(4)32(27)29)34(43)37-23-19-24-10-7-11-25(20-23)39(24)3/h8,12-15,18,21,23-25H,5-7,9-11,16-17,19-20H2,1-4H3,(H,36,42)(H,37,43)/t23?,24-,25+. The van der Waals surface area contributed by atoms with E-state index >= 15 is 0 Å². The topological polar surface area (TPSA) is 122 Å². The van der Waals surface area contributed by atoms with Gasteiger partial charge in [0.25, 0.3) is 11.8 Å². The molecule has 2 amide bonds. The van der Waals surface area contributed by atoms with Crippen molar-refractivity contribution in [1.29, 1.82) is 0 Å². The Morgan fingerprint density at radius 3 is 2.54 bits per heavy atom. The maximum absolute atomic E-state index is 13.4. The quantitative estimate of drug-likeness (QED) is 0.184. The van der Waals surface area contributed by atoms with Gasteiger partial charge < -0.3 is 29.6 Å². The van der Waals surface area contributed by atoms with E-state index < -0.39 is 11.5 Å². The van der Waals surface area contributed by atoms with Crippen molar-refractivity contribution in [3.05, 3.63) is 64.1 Å². The first-order valence-electron chi connectivity index (χ1n) is 16.5. The summed E-state index contributed by atoms with van der Waals surface area (Å²) in [6.45, 7) is 6.45. The Morgan fingerprint density at radius 1 is 1.04 bits per heavy atom. The van der Waals surface area contributed by atoms with Gasteiger partial charge in [-0.3, -0.25) is 14.3 Å². The number of para-hydroxylation sites is 1. The maximum Gasteiger partial charge on any atom is 0.349 e. The molecular weight excluding hydrogens is 584 g/mol. The van der Waals surface area contributed by atoms with Crippen molar-refractivity contribution in [2.24, 2.45) is 7.05 Å². The second-order valence-corrected chi connectivity index (χ2v) is 12.5. The van der Waals surface area contributed by atoms with Crippen LogP contribution in [0.15, 0.2) is 51.7 Å². The van der Waals surface area contributed by atoms with Crippen LogP contribution in [0.2, 0.25) is 0 Å². The highest BCUT2D eigenvalue weighted by Gasteiger charge is 2.37. The number of fused-ring (bicyclic) bond motifs is 4. The van der Waals surface area contributed by atoms with E-state index in [2.05, 4.69) is 46.4 Å². The number of nitrogens with one attached hydrogen (secondary N) is 2. The highest BCUT2D eigenvalue weighted by atomic mass is 16.5. The molecular formula is C35H44N6O5. The molecule has 11 heteroatoms. The fourth-order valence-electron chi connectivity index (χ4n) is 7.17. The number of nitrogens with zero attached hydrogens (tertiary/aromatic N) is 4. The van der Waals surface area contributed by atoms with Crippen molar-refractivity contribution in [2.45, 2.75) is 70.5 Å². The summed E-state index contributed by atoms with van der Waals surface area (Å²) >= 11 is 0. The molecule has 11 nitrogen and oxygen atoms in total. The van der Waals surface area contributed by atoms with Gasteiger partial charge in [0, 0.05) is 67.3 Å². The van der Waals surface area contributed by atoms with Crippen molar-refractivity contribution in [3.8, 4) is 5.75 Å². The molecule has 2 aliphatic heterocycles. The van der Waals surface area contributed by atoms with E-state index in [4.69, 9.17) is 9.15 Å². The van der Waals surface area contributed by atoms with Crippen LogP contribution < -0.4 is 25.9 Å². The third kappa shape index (κ3) is 6.33. The average molecular weight is 629 g/mol. The molecule has 2 saturated heterocycles. The van der Waals surface area contributed by atoms with E-state index in [-0.39, 0.29) is 17.5 Å². The Hall–Kier alpha value is -4.38. The minimum Gasteiger partial charge on any atom is -0.491 e. The molecule has 2 bridgehead atoms. The number of piperidine rings is 2. The number of carbonyl (C=O) groups is 2. The molecule has 2 fully saturated rings. The van der Waals surface area contributed by atoms with Crippen LogP contribution in [-0.2, 0) is 7.05 Å². The van der Waals surface area contributed by atoms with Crippen molar-refractivity contribution in [3.63, 3.8) is 0 Å². The number of anilines is 1. The lowest BCUT2D eigenvalue weighted by molar-refractivity contribution is 0.0462. The van der Waals surface area contributed by atoms with Crippen LogP contribution in [-0.4, -0.2) is 77.9 Å². The Morgan fingerprint density at radius 2 is 1.80 bits per heavy atom. The van der Waals surface area contributed by atoms with Crippen LogP contribution in [0.5, 0.6) is 5.75 Å². The number of hydrogen-bond donors (Lipinski definition) is 2. The van der Waals surface area contributed by atoms with Gasteiger partial charge in [0.2, 0.25) is 0 Å². The normalized spacial score (nSPS) is 19.7. The number of ether oxygens (including phenoxy) is 1. The summed E-state index contributed by atoms with van der Waals surface area (Å²) in [5.41, 5.74) is 1.87. The van der Waals surface area contributed by atoms with Gasteiger partial charge in [0.1, 0.15) is 22.4 Å². The first-order chi connectivity index (χ1) is 22.3. The Balaban J connectivity index is 1.04. The molecule has 2 aromatic heterocycles. The molecule has 0 spiro atoms. The zero-order chi connectivity index (χ0) is 32.4. The first kappa shape index (κ1) is 31.6. The highest BCUT2D eigenvalue weighted by Crippen LogP contribution is 2.33. The fourth-order valence-corrected chi connectivity index (χ4v) is 7.17. The summed E-state index contributed by atoms with van der Waals surface area (Å²) in [5.74, 6) is -0.0207. The number of benzene rings is 2. The molecule has 1 unspecified atom stereocenters. The maximum atomic E-state index is 13.4. The lowest BCUT2D eigenvalue weighted by Gasteiger charge is -2.47. The lowest BCUT2D eigenvalue weighted by Crippen LogP contribution is -2.55. The average Bonchev–Trinajstić information content (AvgIpc) is 3.38. The minimum absolute atomic E-state index is 0.0297. The molecule has 46 heavy (non-hydrogen) atoms. The van der Waals surface area contributed by atoms with E-state index in [0.717, 1.165) is 42.5 Å². The Labute approximate surface area is 268 Å². The Kier molecular flexibility index (Phi) is 9.30. The van der Waals surface area contributed by atoms with Crippen molar-refractivity contribution >= 4 is 39.4 Å². The molecule has 2 aromatic carbocycles. The van der Waals surface area contributed by atoms with Crippen molar-refractivity contribution < 1.29 is 18.7 Å². The van der Waals surface area contributed by atoms with Crippen LogP contribution in [0.3, 0.4) is 0 Å². The SMILES string of the molecule is CCN(CC)c1ccc2cc(C(=O)NCCCOc3cccc4c(C(=O)NC5C[C@H]6CCC[C@@H](C5)N6C)nn(C)c34)c(=O)oc2c1. The largest absolute Gasteiger partial charge is 0.491 e. The number of rotatable bonds is 11. The first-order valence-corrected chi connectivity index (χ1v) is 16.5. The van der Waals surface area contributed by atoms with Crippen LogP contribution in [0.4, 0.5) is 5.69 Å². The summed E-state index contributed by atoms with van der Waals surface area (Å²) in [5, 5.41) is 12.1. The predicted molar refractivity (Wildman–Crippen MR) is 179 cm³/mol. The number of aromatic nitrogens is 2. The molecule has 2 N–H and O–H groups in total. The third-order valence-electron chi connectivity index (χ3n) is 9.67. The molecule has 0 saturated carbocycles. The van der Waals surface area contributed by atoms with E-state index in [1.807, 2.05) is 43.4 Å². The van der Waals surface area contributed by atoms with Gasteiger partial charge in [-0.2, -0.15) is 5.10 Å². The van der Waals surface area contributed by atoms with E-state index in [1.54, 1.807) is 10.7 Å². The summed E-state index contributed by atoms with van der Waals surface area (Å²) in [4.78, 5) is 43.5. The van der Waals surface area contributed by atoms with Gasteiger partial charge in [-0.15, -0.1) is 0 Å². The molecule has 4 heterocycles. The van der Waals surface area contributed by atoms with E-state index in [1.165, 1.54) is 19.3 Å². The van der Waals surface area contributed by atoms with Gasteiger partial charge in [-0.25, -0.2) is 4.79 Å². The predicted octanol–water partition coefficient (Wildman–Crippen LogP) is 4.47. The molecule has 4 aromatic rings. The number of amides is 2. The number of hydrogen-bond acceptors (Lipinski definition) is 8. The molecule has 0 aliphatic carbocycles. The molecule has 6 rings (SSSR count). The summed E-state index contributed by atoms with van der Waals surface area (Å²) in [6, 6.07) is 14.1. The van der Waals surface area contributed by atoms with Crippen LogP contribution in [0.25, 0.3) is 21.9 Å². The van der Waals surface area contributed by atoms with Crippen LogP contribution in [0, 0.1) is 0 Å². The smallest absolute Gasteiger partial charge is 0.349 e. The zero-order valence-corrected chi connectivity index (χ0v) is 27.2. The summed E-state index contributed by atoms with van der Waals surface area (Å²) in [7, 11) is 4.02. The fraction of sp³-hybridized carbons (Fsp3) is 0.486. The van der Waals surface area contributed by atoms with Gasteiger partial charge in [0.15, 0.2) is 5.69 Å². The van der Waals surface area contributed by atoms with Crippen molar-refractivity contribution in [2.75, 3.05) is 38.2 Å². The van der Waals surface area contributed by atoms with Gasteiger partial charge in [-0.05, 0) is 77.3 Å². The minimum atomic E-state index is -0.667. The lowest BCUT2D eigenvalue weighted by atomic mass is 9.82. The second kappa shape index (κ2) is 13.5. The van der Waals surface area contributed by atoms with Gasteiger partial charge in [0.05, 0.1) is 6.61 Å². The van der Waals surface area contributed by atoms with Gasteiger partial charge >= 0.3 is 5.63 Å². The molecule has 0 radical (unpaired) electrons. The number of carbonyl (C=O) groups excluding carboxylic acids is 2. The number of aryl methyl sites for hydroxylation is 1. The third-order valence-corrected chi connectivity index (χ3v) is 9.67. The monoisotopic (exact) mass is 628 g/mol. The zero-order valence-electron chi connectivity index (χ0n) is 27.2. The van der Waals surface area contributed by atoms with Gasteiger partial charge in [-0.1, -0.05) is 18.6 Å². The second-order valence-electron chi connectivity index (χ2n) is 12.5. The van der Waals surface area contributed by atoms with Crippen LogP contribution in [0.1, 0.15) is 73.2 Å². The van der Waals surface area contributed by atoms with E-state index in [0.29, 0.717) is 54.1 Å². The highest BCUT2D eigenvalue weighted by molar-refractivity contribution is 6.06. The molecule has 3 atom stereocenters. The molecule has 2 aliphatic rings. The molecule has 244 valence electrons. The van der Waals surface area contributed by atoms with Crippen molar-refractivity contribution in [1.82, 2.24) is 25.3 Å². The van der Waals surface area contributed by atoms with E-state index in [9.17, 15) is 14.4 Å². The summed E-state index contributed by atoms with van der Waals surface area (Å²) < 4.78 is 13.3.